The van der Waals surface area contributed by atoms with Crippen LogP contribution in [0.5, 0.6) is 0 Å². The predicted octanol–water partition coefficient (Wildman–Crippen LogP) is 4.35. The molecule has 3 heterocycles. The zero-order chi connectivity index (χ0) is 23.8. The zero-order valence-corrected chi connectivity index (χ0v) is 20.6. The Bertz CT molecular complexity index is 1180. The number of amides is 1. The molecule has 0 spiro atoms. The minimum absolute atomic E-state index is 0.0413. The Morgan fingerprint density at radius 1 is 1.21 bits per heavy atom. The first-order chi connectivity index (χ1) is 16.4. The highest BCUT2D eigenvalue weighted by Crippen LogP contribution is 2.37. The molecule has 2 aromatic heterocycles. The standard InChI is InChI=1S/C25H31FN6OS/c1-15-5-3-4-6-18(15)24-29-23(17-7-8-19(26)16(2)13-17)30-32(24)14-22(33)31-11-9-20-21(10-12-31)34-25(27)28-20/h7-8,13,15,18H,3-6,9-12,14H2,1-2H3,(H2,27,28). The lowest BCUT2D eigenvalue weighted by atomic mass is 9.80. The Labute approximate surface area is 203 Å². The van der Waals surface area contributed by atoms with E-state index in [0.29, 0.717) is 35.5 Å². The fourth-order valence-electron chi connectivity index (χ4n) is 5.21. The van der Waals surface area contributed by atoms with Gasteiger partial charge in [-0.3, -0.25) is 4.79 Å². The van der Waals surface area contributed by atoms with E-state index < -0.39 is 0 Å². The number of nitrogen functional groups attached to an aromatic ring is 1. The fourth-order valence-corrected chi connectivity index (χ4v) is 6.08. The molecule has 0 radical (unpaired) electrons. The van der Waals surface area contributed by atoms with Crippen LogP contribution in [-0.2, 0) is 24.2 Å². The quantitative estimate of drug-likeness (QED) is 0.597. The van der Waals surface area contributed by atoms with Crippen LogP contribution in [0.15, 0.2) is 18.2 Å². The van der Waals surface area contributed by atoms with Crippen LogP contribution in [0.25, 0.3) is 11.4 Å². The van der Waals surface area contributed by atoms with Crippen LogP contribution < -0.4 is 5.73 Å². The summed E-state index contributed by atoms with van der Waals surface area (Å²) in [5, 5.41) is 5.37. The fraction of sp³-hybridized carbons (Fsp3) is 0.520. The minimum atomic E-state index is -0.245. The van der Waals surface area contributed by atoms with Crippen LogP contribution in [0.4, 0.5) is 9.52 Å². The number of anilines is 1. The third kappa shape index (κ3) is 4.58. The maximum atomic E-state index is 13.8. The van der Waals surface area contributed by atoms with Gasteiger partial charge in [0.15, 0.2) is 11.0 Å². The molecule has 2 atom stereocenters. The molecule has 1 aromatic carbocycles. The van der Waals surface area contributed by atoms with E-state index in [-0.39, 0.29) is 24.2 Å². The van der Waals surface area contributed by atoms with Gasteiger partial charge in [0.1, 0.15) is 18.2 Å². The van der Waals surface area contributed by atoms with Crippen molar-refractivity contribution in [1.29, 1.82) is 0 Å². The van der Waals surface area contributed by atoms with E-state index in [1.807, 2.05) is 4.90 Å². The predicted molar refractivity (Wildman–Crippen MR) is 131 cm³/mol. The summed E-state index contributed by atoms with van der Waals surface area (Å²) in [6.07, 6.45) is 6.09. The van der Waals surface area contributed by atoms with E-state index in [1.54, 1.807) is 23.7 Å². The van der Waals surface area contributed by atoms with Crippen LogP contribution in [0.1, 0.15) is 60.5 Å². The average molecular weight is 483 g/mol. The molecule has 1 aliphatic heterocycles. The number of halogens is 1. The molecule has 3 aromatic rings. The van der Waals surface area contributed by atoms with Crippen LogP contribution in [0.2, 0.25) is 0 Å². The Balaban J connectivity index is 1.41. The third-order valence-corrected chi connectivity index (χ3v) is 8.21. The zero-order valence-electron chi connectivity index (χ0n) is 19.8. The summed E-state index contributed by atoms with van der Waals surface area (Å²) in [4.78, 5) is 25.8. The number of hydrogen-bond acceptors (Lipinski definition) is 6. The minimum Gasteiger partial charge on any atom is -0.375 e. The monoisotopic (exact) mass is 482 g/mol. The first-order valence-corrected chi connectivity index (χ1v) is 12.9. The number of nitrogens with two attached hydrogens (primary N) is 1. The van der Waals surface area contributed by atoms with Gasteiger partial charge in [0.05, 0.1) is 5.69 Å². The van der Waals surface area contributed by atoms with Gasteiger partial charge in [-0.2, -0.15) is 5.10 Å². The van der Waals surface area contributed by atoms with Crippen LogP contribution in [-0.4, -0.2) is 43.6 Å². The highest BCUT2D eigenvalue weighted by atomic mass is 32.1. The first-order valence-electron chi connectivity index (χ1n) is 12.1. The SMILES string of the molecule is Cc1cc(-c2nc(C3CCCCC3C)n(CC(=O)N3CCc4nc(N)sc4CC3)n2)ccc1F. The summed E-state index contributed by atoms with van der Waals surface area (Å²) in [5.74, 6) is 1.99. The molecule has 7 nitrogen and oxygen atoms in total. The van der Waals surface area contributed by atoms with Gasteiger partial charge in [0.2, 0.25) is 5.91 Å². The van der Waals surface area contributed by atoms with Crippen LogP contribution >= 0.6 is 11.3 Å². The van der Waals surface area contributed by atoms with Gasteiger partial charge < -0.3 is 10.6 Å². The van der Waals surface area contributed by atoms with E-state index >= 15 is 0 Å². The number of thiazole rings is 1. The molecule has 1 amide bonds. The van der Waals surface area contributed by atoms with Gasteiger partial charge in [0.25, 0.3) is 0 Å². The van der Waals surface area contributed by atoms with Crippen LogP contribution in [0.3, 0.4) is 0 Å². The van der Waals surface area contributed by atoms with E-state index in [1.165, 1.54) is 28.7 Å². The van der Waals surface area contributed by atoms with Gasteiger partial charge in [-0.1, -0.05) is 26.2 Å². The van der Waals surface area contributed by atoms with E-state index in [2.05, 4.69) is 11.9 Å². The van der Waals surface area contributed by atoms with Gasteiger partial charge in [0, 0.05) is 42.3 Å². The molecule has 9 heteroatoms. The van der Waals surface area contributed by atoms with E-state index in [0.717, 1.165) is 49.2 Å². The molecule has 0 bridgehead atoms. The van der Waals surface area contributed by atoms with Gasteiger partial charge >= 0.3 is 0 Å². The summed E-state index contributed by atoms with van der Waals surface area (Å²) < 4.78 is 15.6. The molecular weight excluding hydrogens is 451 g/mol. The molecule has 180 valence electrons. The molecule has 0 saturated heterocycles. The van der Waals surface area contributed by atoms with E-state index in [4.69, 9.17) is 15.8 Å². The highest BCUT2D eigenvalue weighted by Gasteiger charge is 2.30. The Hall–Kier alpha value is -2.81. The van der Waals surface area contributed by atoms with Crippen molar-refractivity contribution in [1.82, 2.24) is 24.6 Å². The highest BCUT2D eigenvalue weighted by molar-refractivity contribution is 7.15. The second kappa shape index (κ2) is 9.44. The maximum Gasteiger partial charge on any atom is 0.244 e. The van der Waals surface area contributed by atoms with Crippen molar-refractivity contribution < 1.29 is 9.18 Å². The number of rotatable bonds is 4. The number of aryl methyl sites for hydroxylation is 1. The molecule has 1 aliphatic carbocycles. The second-order valence-corrected chi connectivity index (χ2v) is 10.7. The molecule has 2 aliphatic rings. The molecule has 2 unspecified atom stereocenters. The second-order valence-electron chi connectivity index (χ2n) is 9.59. The van der Waals surface area contributed by atoms with Crippen molar-refractivity contribution in [2.24, 2.45) is 5.92 Å². The smallest absolute Gasteiger partial charge is 0.244 e. The number of aromatic nitrogens is 4. The van der Waals surface area contributed by atoms with Crippen molar-refractivity contribution in [3.8, 4) is 11.4 Å². The lowest BCUT2D eigenvalue weighted by Gasteiger charge is -2.28. The molecule has 5 rings (SSSR count). The topological polar surface area (TPSA) is 89.9 Å². The number of hydrogen-bond donors (Lipinski definition) is 1. The maximum absolute atomic E-state index is 13.8. The lowest BCUT2D eigenvalue weighted by Crippen LogP contribution is -2.36. The molecule has 2 N–H and O–H groups in total. The first kappa shape index (κ1) is 23.0. The van der Waals surface area contributed by atoms with Crippen molar-refractivity contribution in [3.63, 3.8) is 0 Å². The van der Waals surface area contributed by atoms with Gasteiger partial charge in [-0.15, -0.1) is 11.3 Å². The average Bonchev–Trinajstić information content (AvgIpc) is 3.33. The van der Waals surface area contributed by atoms with Crippen molar-refractivity contribution >= 4 is 22.4 Å². The number of benzene rings is 1. The number of fused-ring (bicyclic) bond motifs is 1. The van der Waals surface area contributed by atoms with Gasteiger partial charge in [-0.05, 0) is 43.0 Å². The summed E-state index contributed by atoms with van der Waals surface area (Å²) in [6.45, 7) is 5.45. The largest absolute Gasteiger partial charge is 0.375 e. The van der Waals surface area contributed by atoms with E-state index in [9.17, 15) is 9.18 Å². The van der Waals surface area contributed by atoms with Crippen molar-refractivity contribution in [2.45, 2.75) is 64.8 Å². The molecular formula is C25H31FN6OS. The number of carbonyl (C=O) groups is 1. The Morgan fingerprint density at radius 3 is 2.79 bits per heavy atom. The van der Waals surface area contributed by atoms with Crippen molar-refractivity contribution in [3.05, 3.63) is 46.0 Å². The molecule has 1 saturated carbocycles. The Morgan fingerprint density at radius 2 is 2.00 bits per heavy atom. The normalized spacial score (nSPS) is 20.7. The summed E-state index contributed by atoms with van der Waals surface area (Å²) >= 11 is 1.52. The summed E-state index contributed by atoms with van der Waals surface area (Å²) in [7, 11) is 0. The van der Waals surface area contributed by atoms with Crippen molar-refractivity contribution in [2.75, 3.05) is 18.8 Å². The lowest BCUT2D eigenvalue weighted by molar-refractivity contribution is -0.132. The Kier molecular flexibility index (Phi) is 6.38. The summed E-state index contributed by atoms with van der Waals surface area (Å²) in [5.41, 5.74) is 8.21. The van der Waals surface area contributed by atoms with Crippen LogP contribution in [0, 0.1) is 18.7 Å². The number of carbonyl (C=O) groups excluding carboxylic acids is 1. The summed E-state index contributed by atoms with van der Waals surface area (Å²) in [6, 6.07) is 4.94. The third-order valence-electron chi connectivity index (χ3n) is 7.22. The molecule has 1 fully saturated rings. The van der Waals surface area contributed by atoms with Gasteiger partial charge in [-0.25, -0.2) is 19.0 Å². The number of nitrogens with zero attached hydrogens (tertiary/aromatic N) is 5. The molecule has 34 heavy (non-hydrogen) atoms.